The quantitative estimate of drug-likeness (QED) is 0.673. The molecule has 0 aromatic heterocycles. The van der Waals surface area contributed by atoms with E-state index in [2.05, 4.69) is 5.32 Å². The Bertz CT molecular complexity index is 887. The van der Waals surface area contributed by atoms with E-state index < -0.39 is 0 Å². The maximum atomic E-state index is 12.9. The van der Waals surface area contributed by atoms with Gasteiger partial charge in [0.2, 0.25) is 0 Å². The van der Waals surface area contributed by atoms with Gasteiger partial charge in [-0.2, -0.15) is 0 Å². The summed E-state index contributed by atoms with van der Waals surface area (Å²) in [5, 5.41) is 2.79. The molecular weight excluding hydrogens is 378 g/mol. The van der Waals surface area contributed by atoms with Gasteiger partial charge in [0.1, 0.15) is 11.5 Å². The van der Waals surface area contributed by atoms with Gasteiger partial charge in [-0.25, -0.2) is 0 Å². The van der Waals surface area contributed by atoms with Crippen LogP contribution < -0.4 is 10.1 Å². The topological polar surface area (TPSA) is 64.6 Å². The van der Waals surface area contributed by atoms with Crippen molar-refractivity contribution >= 4 is 17.6 Å². The van der Waals surface area contributed by atoms with Gasteiger partial charge in [-0.15, -0.1) is 0 Å². The Morgan fingerprint density at radius 1 is 0.833 bits per heavy atom. The first-order valence-electron chi connectivity index (χ1n) is 10.9. The van der Waals surface area contributed by atoms with Gasteiger partial charge in [-0.1, -0.05) is 18.2 Å². The lowest BCUT2D eigenvalue weighted by molar-refractivity contribution is -0.172. The lowest BCUT2D eigenvalue weighted by Crippen LogP contribution is -2.50. The van der Waals surface area contributed by atoms with Crippen molar-refractivity contribution in [3.05, 3.63) is 54.6 Å². The third-order valence-electron chi connectivity index (χ3n) is 6.92. The van der Waals surface area contributed by atoms with Crippen LogP contribution in [0.2, 0.25) is 0 Å². The summed E-state index contributed by atoms with van der Waals surface area (Å²) in [6.45, 7) is -0.233. The molecule has 4 saturated carbocycles. The fourth-order valence-electron chi connectivity index (χ4n) is 6.07. The van der Waals surface area contributed by atoms with Gasteiger partial charge < -0.3 is 14.8 Å². The SMILES string of the molecule is O=C(COC(=O)C12CC3CC(CC(C3)C1)C2)Nc1ccc(Oc2ccccc2)cc1. The van der Waals surface area contributed by atoms with Gasteiger partial charge in [-0.3, -0.25) is 9.59 Å². The second-order valence-electron chi connectivity index (χ2n) is 9.26. The zero-order valence-corrected chi connectivity index (χ0v) is 17.0. The molecule has 0 aliphatic heterocycles. The first-order chi connectivity index (χ1) is 14.6. The number of nitrogens with one attached hydrogen (secondary N) is 1. The summed E-state index contributed by atoms with van der Waals surface area (Å²) in [5.41, 5.74) is 0.317. The molecule has 0 spiro atoms. The highest BCUT2D eigenvalue weighted by Gasteiger charge is 2.55. The van der Waals surface area contributed by atoms with Crippen LogP contribution in [-0.2, 0) is 14.3 Å². The van der Waals surface area contributed by atoms with Crippen LogP contribution in [0.4, 0.5) is 5.69 Å². The summed E-state index contributed by atoms with van der Waals surface area (Å²) in [7, 11) is 0. The Labute approximate surface area is 176 Å². The van der Waals surface area contributed by atoms with Crippen LogP contribution in [0.25, 0.3) is 0 Å². The number of anilines is 1. The monoisotopic (exact) mass is 405 g/mol. The van der Waals surface area contributed by atoms with Crippen LogP contribution in [0, 0.1) is 23.2 Å². The highest BCUT2D eigenvalue weighted by atomic mass is 16.5. The van der Waals surface area contributed by atoms with E-state index in [9.17, 15) is 9.59 Å². The average Bonchev–Trinajstić information content (AvgIpc) is 2.73. The Morgan fingerprint density at radius 3 is 2.00 bits per heavy atom. The molecule has 1 N–H and O–H groups in total. The van der Waals surface area contributed by atoms with Gasteiger partial charge in [-0.05, 0) is 92.7 Å². The lowest BCUT2D eigenvalue weighted by atomic mass is 9.49. The Morgan fingerprint density at radius 2 is 1.40 bits per heavy atom. The molecule has 4 fully saturated rings. The number of rotatable bonds is 6. The minimum atomic E-state index is -0.328. The molecule has 30 heavy (non-hydrogen) atoms. The fraction of sp³-hybridized carbons (Fsp3) is 0.440. The van der Waals surface area contributed by atoms with E-state index >= 15 is 0 Å². The summed E-state index contributed by atoms with van der Waals surface area (Å²) in [6.07, 6.45) is 6.66. The van der Waals surface area contributed by atoms with Crippen molar-refractivity contribution in [2.75, 3.05) is 11.9 Å². The first-order valence-corrected chi connectivity index (χ1v) is 10.9. The van der Waals surface area contributed by atoms with E-state index in [4.69, 9.17) is 9.47 Å². The van der Waals surface area contributed by atoms with Gasteiger partial charge in [0.25, 0.3) is 5.91 Å². The number of carbonyl (C=O) groups excluding carboxylic acids is 2. The zero-order valence-electron chi connectivity index (χ0n) is 17.0. The molecule has 0 radical (unpaired) electrons. The van der Waals surface area contributed by atoms with Crippen LogP contribution in [0.15, 0.2) is 54.6 Å². The van der Waals surface area contributed by atoms with E-state index in [0.717, 1.165) is 25.0 Å². The van der Waals surface area contributed by atoms with Gasteiger partial charge in [0.15, 0.2) is 6.61 Å². The van der Waals surface area contributed by atoms with E-state index in [0.29, 0.717) is 29.2 Å². The van der Waals surface area contributed by atoms with E-state index in [1.165, 1.54) is 19.3 Å². The molecule has 2 aromatic rings. The van der Waals surface area contributed by atoms with Crippen molar-refractivity contribution in [2.45, 2.75) is 38.5 Å². The number of hydrogen-bond donors (Lipinski definition) is 1. The normalized spacial score (nSPS) is 28.7. The maximum absolute atomic E-state index is 12.9. The smallest absolute Gasteiger partial charge is 0.312 e. The van der Waals surface area contributed by atoms with Crippen molar-refractivity contribution in [3.63, 3.8) is 0 Å². The number of carbonyl (C=O) groups is 2. The number of hydrogen-bond acceptors (Lipinski definition) is 4. The van der Waals surface area contributed by atoms with Crippen molar-refractivity contribution < 1.29 is 19.1 Å². The number of benzene rings is 2. The standard InChI is InChI=1S/C25H27NO4/c27-23(26-20-6-8-22(9-7-20)30-21-4-2-1-3-5-21)16-29-24(28)25-13-17-10-18(14-25)12-19(11-17)15-25/h1-9,17-19H,10-16H2,(H,26,27). The molecule has 0 saturated heterocycles. The summed E-state index contributed by atoms with van der Waals surface area (Å²) < 4.78 is 11.2. The molecule has 0 unspecified atom stereocenters. The van der Waals surface area contributed by atoms with Crippen molar-refractivity contribution in [1.29, 1.82) is 0 Å². The summed E-state index contributed by atoms with van der Waals surface area (Å²) in [4.78, 5) is 25.2. The molecular formula is C25H27NO4. The number of para-hydroxylation sites is 1. The highest BCUT2D eigenvalue weighted by Crippen LogP contribution is 2.60. The largest absolute Gasteiger partial charge is 0.457 e. The van der Waals surface area contributed by atoms with Crippen LogP contribution in [0.3, 0.4) is 0 Å². The fourth-order valence-corrected chi connectivity index (χ4v) is 6.07. The third-order valence-corrected chi connectivity index (χ3v) is 6.92. The summed E-state index contributed by atoms with van der Waals surface area (Å²) >= 11 is 0. The van der Waals surface area contributed by atoms with Gasteiger partial charge in [0, 0.05) is 5.69 Å². The molecule has 4 aliphatic carbocycles. The molecule has 0 atom stereocenters. The predicted molar refractivity (Wildman–Crippen MR) is 113 cm³/mol. The number of esters is 1. The zero-order chi connectivity index (χ0) is 20.6. The average molecular weight is 405 g/mol. The molecule has 6 rings (SSSR count). The predicted octanol–water partition coefficient (Wildman–Crippen LogP) is 5.18. The molecule has 2 aromatic carbocycles. The van der Waals surface area contributed by atoms with Crippen molar-refractivity contribution in [1.82, 2.24) is 0 Å². The number of amides is 1. The third kappa shape index (κ3) is 3.93. The van der Waals surface area contributed by atoms with E-state index in [1.807, 2.05) is 30.3 Å². The van der Waals surface area contributed by atoms with Crippen molar-refractivity contribution in [3.8, 4) is 11.5 Å². The first kappa shape index (κ1) is 19.2. The second kappa shape index (κ2) is 7.78. The summed E-state index contributed by atoms with van der Waals surface area (Å²) in [5.74, 6) is 2.99. The van der Waals surface area contributed by atoms with Crippen LogP contribution in [-0.4, -0.2) is 18.5 Å². The van der Waals surface area contributed by atoms with E-state index in [-0.39, 0.29) is 23.9 Å². The van der Waals surface area contributed by atoms with Crippen LogP contribution in [0.5, 0.6) is 11.5 Å². The minimum Gasteiger partial charge on any atom is -0.457 e. The molecule has 1 amide bonds. The minimum absolute atomic E-state index is 0.164. The second-order valence-corrected chi connectivity index (χ2v) is 9.26. The van der Waals surface area contributed by atoms with Crippen LogP contribution >= 0.6 is 0 Å². The molecule has 0 heterocycles. The molecule has 5 nitrogen and oxygen atoms in total. The lowest BCUT2D eigenvalue weighted by Gasteiger charge is -2.55. The maximum Gasteiger partial charge on any atom is 0.312 e. The van der Waals surface area contributed by atoms with Crippen LogP contribution in [0.1, 0.15) is 38.5 Å². The van der Waals surface area contributed by atoms with E-state index in [1.54, 1.807) is 24.3 Å². The molecule has 156 valence electrons. The Balaban J connectivity index is 1.13. The highest BCUT2D eigenvalue weighted by molar-refractivity contribution is 5.93. The molecule has 5 heteroatoms. The summed E-state index contributed by atoms with van der Waals surface area (Å²) in [6, 6.07) is 16.7. The van der Waals surface area contributed by atoms with Gasteiger partial charge in [0.05, 0.1) is 5.41 Å². The molecule has 4 aliphatic rings. The van der Waals surface area contributed by atoms with Crippen molar-refractivity contribution in [2.24, 2.45) is 23.2 Å². The van der Waals surface area contributed by atoms with Gasteiger partial charge >= 0.3 is 5.97 Å². The Hall–Kier alpha value is -2.82. The number of ether oxygens (including phenoxy) is 2. The Kier molecular flexibility index (Phi) is 4.97. The molecule has 4 bridgehead atoms.